The first kappa shape index (κ1) is 11.5. The maximum atomic E-state index is 11.9. The van der Waals surface area contributed by atoms with Gasteiger partial charge in [-0.05, 0) is 18.4 Å². The van der Waals surface area contributed by atoms with Crippen LogP contribution < -0.4 is 0 Å². The van der Waals surface area contributed by atoms with E-state index in [1.165, 1.54) is 0 Å². The minimum atomic E-state index is -0.252. The van der Waals surface area contributed by atoms with Gasteiger partial charge in [0.1, 0.15) is 6.61 Å². The highest BCUT2D eigenvalue weighted by Gasteiger charge is 2.49. The van der Waals surface area contributed by atoms with Gasteiger partial charge in [-0.15, -0.1) is 0 Å². The number of amides is 1. The molecule has 0 unspecified atom stereocenters. The Kier molecular flexibility index (Phi) is 2.96. The molecule has 1 saturated heterocycles. The second-order valence-electron chi connectivity index (χ2n) is 5.06. The number of nitrogens with zero attached hydrogens (tertiary/aromatic N) is 1. The van der Waals surface area contributed by atoms with Crippen LogP contribution in [0.15, 0.2) is 30.3 Å². The second kappa shape index (κ2) is 4.61. The van der Waals surface area contributed by atoms with Gasteiger partial charge in [-0.1, -0.05) is 30.3 Å². The molecule has 0 aromatic heterocycles. The van der Waals surface area contributed by atoms with Crippen molar-refractivity contribution in [2.45, 2.75) is 31.6 Å². The normalized spacial score (nSPS) is 29.6. The van der Waals surface area contributed by atoms with E-state index in [9.17, 15) is 9.90 Å². The Morgan fingerprint density at radius 3 is 2.83 bits per heavy atom. The third-order valence-corrected chi connectivity index (χ3v) is 4.01. The molecular formula is C14H17NO3. The van der Waals surface area contributed by atoms with Crippen molar-refractivity contribution in [1.82, 2.24) is 4.90 Å². The number of rotatable bonds is 2. The van der Waals surface area contributed by atoms with E-state index in [2.05, 4.69) is 0 Å². The van der Waals surface area contributed by atoms with Gasteiger partial charge in [0.15, 0.2) is 0 Å². The molecule has 0 radical (unpaired) electrons. The fourth-order valence-electron chi connectivity index (χ4n) is 2.88. The summed E-state index contributed by atoms with van der Waals surface area (Å²) in [5, 5.41) is 9.55. The Bertz CT molecular complexity index is 434. The zero-order valence-electron chi connectivity index (χ0n) is 10.2. The molecule has 1 aliphatic heterocycles. The molecule has 1 aromatic rings. The second-order valence-corrected chi connectivity index (χ2v) is 5.06. The molecular weight excluding hydrogens is 230 g/mol. The molecule has 96 valence electrons. The maximum absolute atomic E-state index is 11.9. The topological polar surface area (TPSA) is 49.8 Å². The van der Waals surface area contributed by atoms with Crippen molar-refractivity contribution >= 4 is 6.09 Å². The van der Waals surface area contributed by atoms with Crippen molar-refractivity contribution in [3.05, 3.63) is 35.9 Å². The molecule has 1 aromatic carbocycles. The van der Waals surface area contributed by atoms with E-state index >= 15 is 0 Å². The average molecular weight is 247 g/mol. The highest BCUT2D eigenvalue weighted by atomic mass is 16.6. The van der Waals surface area contributed by atoms with Gasteiger partial charge in [0, 0.05) is 18.5 Å². The number of likely N-dealkylation sites (tertiary alicyclic amines) is 1. The predicted octanol–water partition coefficient (Wildman–Crippen LogP) is 1.78. The first-order valence-electron chi connectivity index (χ1n) is 6.41. The van der Waals surface area contributed by atoms with E-state index in [1.54, 1.807) is 4.90 Å². The average Bonchev–Trinajstić information content (AvgIpc) is 2.74. The van der Waals surface area contributed by atoms with Gasteiger partial charge in [0.05, 0.1) is 6.10 Å². The Morgan fingerprint density at radius 1 is 1.39 bits per heavy atom. The lowest BCUT2D eigenvalue weighted by Crippen LogP contribution is -2.50. The first-order chi connectivity index (χ1) is 8.75. The molecule has 4 nitrogen and oxygen atoms in total. The number of benzene rings is 1. The van der Waals surface area contributed by atoms with Crippen LogP contribution in [0, 0.1) is 5.92 Å². The van der Waals surface area contributed by atoms with Gasteiger partial charge < -0.3 is 14.7 Å². The summed E-state index contributed by atoms with van der Waals surface area (Å²) in [4.78, 5) is 13.7. The number of aliphatic hydroxyl groups excluding tert-OH is 1. The predicted molar refractivity (Wildman–Crippen MR) is 65.9 cm³/mol. The molecule has 1 aliphatic carbocycles. The van der Waals surface area contributed by atoms with Crippen LogP contribution in [0.3, 0.4) is 0 Å². The zero-order chi connectivity index (χ0) is 12.5. The SMILES string of the molecule is O=C(OCc1ccccc1)N1CC[C@@H]2[C@H](O)C[C@@H]21. The van der Waals surface area contributed by atoms with Crippen molar-refractivity contribution in [3.63, 3.8) is 0 Å². The van der Waals surface area contributed by atoms with Crippen LogP contribution in [0.25, 0.3) is 0 Å². The van der Waals surface area contributed by atoms with Crippen LogP contribution in [0.5, 0.6) is 0 Å². The number of hydrogen-bond acceptors (Lipinski definition) is 3. The fourth-order valence-corrected chi connectivity index (χ4v) is 2.88. The highest BCUT2D eigenvalue weighted by molar-refractivity contribution is 5.68. The van der Waals surface area contributed by atoms with Crippen molar-refractivity contribution in [1.29, 1.82) is 0 Å². The van der Waals surface area contributed by atoms with Gasteiger partial charge in [0.25, 0.3) is 0 Å². The van der Waals surface area contributed by atoms with Crippen molar-refractivity contribution in [3.8, 4) is 0 Å². The molecule has 18 heavy (non-hydrogen) atoms. The van der Waals surface area contributed by atoms with E-state index in [4.69, 9.17) is 4.74 Å². The van der Waals surface area contributed by atoms with Crippen molar-refractivity contribution in [2.24, 2.45) is 5.92 Å². The van der Waals surface area contributed by atoms with Gasteiger partial charge in [0.2, 0.25) is 0 Å². The molecule has 2 fully saturated rings. The van der Waals surface area contributed by atoms with Crippen LogP contribution in [0.1, 0.15) is 18.4 Å². The lowest BCUT2D eigenvalue weighted by molar-refractivity contribution is -0.0212. The molecule has 0 spiro atoms. The monoisotopic (exact) mass is 247 g/mol. The quantitative estimate of drug-likeness (QED) is 0.866. The van der Waals surface area contributed by atoms with Crippen molar-refractivity contribution in [2.75, 3.05) is 6.54 Å². The van der Waals surface area contributed by atoms with E-state index in [1.807, 2.05) is 30.3 Å². The summed E-state index contributed by atoms with van der Waals surface area (Å²) in [6, 6.07) is 9.87. The minimum absolute atomic E-state index is 0.197. The van der Waals surface area contributed by atoms with Gasteiger partial charge in [-0.2, -0.15) is 0 Å². The van der Waals surface area contributed by atoms with E-state index in [-0.39, 0.29) is 24.2 Å². The lowest BCUT2D eigenvalue weighted by atomic mass is 9.77. The Balaban J connectivity index is 1.54. The molecule has 2 aliphatic rings. The smallest absolute Gasteiger partial charge is 0.410 e. The molecule has 3 atom stereocenters. The van der Waals surface area contributed by atoms with Gasteiger partial charge in [-0.25, -0.2) is 4.79 Å². The molecule has 0 bridgehead atoms. The van der Waals surface area contributed by atoms with Crippen LogP contribution in [0.4, 0.5) is 4.79 Å². The Labute approximate surface area is 106 Å². The molecule has 1 amide bonds. The minimum Gasteiger partial charge on any atom is -0.445 e. The van der Waals surface area contributed by atoms with Crippen LogP contribution >= 0.6 is 0 Å². The third kappa shape index (κ3) is 1.97. The Hall–Kier alpha value is -1.55. The summed E-state index contributed by atoms with van der Waals surface area (Å²) in [5.41, 5.74) is 0.996. The summed E-state index contributed by atoms with van der Waals surface area (Å²) in [5.74, 6) is 0.272. The number of ether oxygens (including phenoxy) is 1. The lowest BCUT2D eigenvalue weighted by Gasteiger charge is -2.39. The van der Waals surface area contributed by atoms with Crippen LogP contribution in [0.2, 0.25) is 0 Å². The fraction of sp³-hybridized carbons (Fsp3) is 0.500. The van der Waals surface area contributed by atoms with E-state index < -0.39 is 0 Å². The number of aliphatic hydroxyl groups is 1. The van der Waals surface area contributed by atoms with Crippen molar-refractivity contribution < 1.29 is 14.6 Å². The summed E-state index contributed by atoms with van der Waals surface area (Å²) in [6.07, 6.45) is 1.12. The Morgan fingerprint density at radius 2 is 2.17 bits per heavy atom. The summed E-state index contributed by atoms with van der Waals surface area (Å²) >= 11 is 0. The molecule has 1 N–H and O–H groups in total. The van der Waals surface area contributed by atoms with Gasteiger partial charge in [-0.3, -0.25) is 0 Å². The zero-order valence-corrected chi connectivity index (χ0v) is 10.2. The van der Waals surface area contributed by atoms with Crippen LogP contribution in [-0.4, -0.2) is 34.8 Å². The summed E-state index contributed by atoms with van der Waals surface area (Å²) < 4.78 is 5.31. The largest absolute Gasteiger partial charge is 0.445 e. The maximum Gasteiger partial charge on any atom is 0.410 e. The highest BCUT2D eigenvalue weighted by Crippen LogP contribution is 2.40. The summed E-state index contributed by atoms with van der Waals surface area (Å²) in [7, 11) is 0. The van der Waals surface area contributed by atoms with E-state index in [0.717, 1.165) is 12.0 Å². The van der Waals surface area contributed by atoms with Gasteiger partial charge >= 0.3 is 6.09 Å². The molecule has 1 heterocycles. The number of carbonyl (C=O) groups excluding carboxylic acids is 1. The number of fused-ring (bicyclic) bond motifs is 1. The molecule has 3 rings (SSSR count). The van der Waals surface area contributed by atoms with Crippen LogP contribution in [-0.2, 0) is 11.3 Å². The molecule has 1 saturated carbocycles. The standard InChI is InChI=1S/C14H17NO3/c16-13-8-12-11(13)6-7-15(12)14(17)18-9-10-4-2-1-3-5-10/h1-5,11-13,16H,6-9H2/t11-,12-,13+/m0/s1. The first-order valence-corrected chi connectivity index (χ1v) is 6.41. The van der Waals surface area contributed by atoms with E-state index in [0.29, 0.717) is 19.6 Å². The molecule has 4 heteroatoms. The number of hydrogen-bond donors (Lipinski definition) is 1. The summed E-state index contributed by atoms with van der Waals surface area (Å²) in [6.45, 7) is 1.02. The third-order valence-electron chi connectivity index (χ3n) is 4.01. The number of carbonyl (C=O) groups is 1.